The maximum Gasteiger partial charge on any atom is 0.289 e. The summed E-state index contributed by atoms with van der Waals surface area (Å²) in [5.41, 5.74) is 0.743. The first-order chi connectivity index (χ1) is 12.0. The fourth-order valence-corrected chi connectivity index (χ4v) is 3.13. The van der Waals surface area contributed by atoms with E-state index in [4.69, 9.17) is 16.0 Å². The molecule has 2 amide bonds. The molecule has 1 N–H and O–H groups in total. The van der Waals surface area contributed by atoms with Gasteiger partial charge in [0.25, 0.3) is 5.91 Å². The number of anilines is 1. The summed E-state index contributed by atoms with van der Waals surface area (Å²) in [5.74, 6) is -0.592. The SMILES string of the molecule is CN(CC(=O)Nc1nnc(-c2ccccc2Cl)s1)C(=O)c1ccco1. The van der Waals surface area contributed by atoms with Gasteiger partial charge in [0, 0.05) is 12.6 Å². The lowest BCUT2D eigenvalue weighted by Crippen LogP contribution is -2.34. The molecule has 1 aromatic carbocycles. The fraction of sp³-hybridized carbons (Fsp3) is 0.125. The van der Waals surface area contributed by atoms with Crippen LogP contribution in [-0.4, -0.2) is 40.5 Å². The summed E-state index contributed by atoms with van der Waals surface area (Å²) < 4.78 is 5.02. The quantitative estimate of drug-likeness (QED) is 0.738. The molecule has 0 radical (unpaired) electrons. The number of likely N-dealkylation sites (N-methyl/N-ethyl adjacent to an activating group) is 1. The number of aromatic nitrogens is 2. The average Bonchev–Trinajstić information content (AvgIpc) is 3.26. The monoisotopic (exact) mass is 376 g/mol. The molecule has 9 heteroatoms. The van der Waals surface area contributed by atoms with Gasteiger partial charge in [0.15, 0.2) is 10.8 Å². The Kier molecular flexibility index (Phi) is 5.11. The molecule has 0 atom stereocenters. The Morgan fingerprint density at radius 3 is 2.76 bits per heavy atom. The predicted molar refractivity (Wildman–Crippen MR) is 94.7 cm³/mol. The van der Waals surface area contributed by atoms with Gasteiger partial charge in [0.2, 0.25) is 11.0 Å². The summed E-state index contributed by atoms with van der Waals surface area (Å²) in [6.07, 6.45) is 1.40. The van der Waals surface area contributed by atoms with Crippen molar-refractivity contribution in [3.8, 4) is 10.6 Å². The highest BCUT2D eigenvalue weighted by Crippen LogP contribution is 2.31. The lowest BCUT2D eigenvalue weighted by atomic mass is 10.2. The number of carbonyl (C=O) groups excluding carboxylic acids is 2. The van der Waals surface area contributed by atoms with Gasteiger partial charge in [-0.2, -0.15) is 0 Å². The van der Waals surface area contributed by atoms with Crippen LogP contribution in [0.3, 0.4) is 0 Å². The third-order valence-electron chi connectivity index (χ3n) is 3.24. The first kappa shape index (κ1) is 17.1. The van der Waals surface area contributed by atoms with Gasteiger partial charge in [0.05, 0.1) is 11.3 Å². The Morgan fingerprint density at radius 2 is 2.04 bits per heavy atom. The van der Waals surface area contributed by atoms with Crippen LogP contribution in [0.4, 0.5) is 5.13 Å². The van der Waals surface area contributed by atoms with E-state index in [1.165, 1.54) is 35.6 Å². The van der Waals surface area contributed by atoms with Crippen molar-refractivity contribution in [3.05, 3.63) is 53.4 Å². The lowest BCUT2D eigenvalue weighted by Gasteiger charge is -2.14. The van der Waals surface area contributed by atoms with Gasteiger partial charge in [-0.3, -0.25) is 14.9 Å². The zero-order valence-corrected chi connectivity index (χ0v) is 14.7. The van der Waals surface area contributed by atoms with Crippen LogP contribution >= 0.6 is 22.9 Å². The highest BCUT2D eigenvalue weighted by Gasteiger charge is 2.18. The number of hydrogen-bond acceptors (Lipinski definition) is 6. The minimum Gasteiger partial charge on any atom is -0.459 e. The summed E-state index contributed by atoms with van der Waals surface area (Å²) in [5, 5.41) is 12.1. The predicted octanol–water partition coefficient (Wildman–Crippen LogP) is 3.16. The molecule has 0 bridgehead atoms. The number of hydrogen-bond donors (Lipinski definition) is 1. The number of halogens is 1. The van der Waals surface area contributed by atoms with Crippen molar-refractivity contribution < 1.29 is 14.0 Å². The van der Waals surface area contributed by atoms with E-state index in [0.29, 0.717) is 15.2 Å². The topological polar surface area (TPSA) is 88.3 Å². The number of carbonyl (C=O) groups is 2. The van der Waals surface area contributed by atoms with Crippen molar-refractivity contribution in [1.29, 1.82) is 0 Å². The number of nitrogens with one attached hydrogen (secondary N) is 1. The standard InChI is InChI=1S/C16H13ClN4O3S/c1-21(15(23)12-7-4-8-24-12)9-13(22)18-16-20-19-14(25-16)10-5-2-3-6-11(10)17/h2-8H,9H2,1H3,(H,18,20,22). The van der Waals surface area contributed by atoms with E-state index in [1.807, 2.05) is 18.2 Å². The number of rotatable bonds is 5. The van der Waals surface area contributed by atoms with Gasteiger partial charge in [0.1, 0.15) is 6.54 Å². The van der Waals surface area contributed by atoms with Crippen LogP contribution in [0.2, 0.25) is 5.02 Å². The molecular weight excluding hydrogens is 364 g/mol. The lowest BCUT2D eigenvalue weighted by molar-refractivity contribution is -0.116. The van der Waals surface area contributed by atoms with Gasteiger partial charge in [-0.15, -0.1) is 10.2 Å². The second kappa shape index (κ2) is 7.45. The molecule has 128 valence electrons. The van der Waals surface area contributed by atoms with Gasteiger partial charge in [-0.05, 0) is 18.2 Å². The molecule has 0 aliphatic carbocycles. The van der Waals surface area contributed by atoms with Crippen LogP contribution in [-0.2, 0) is 4.79 Å². The van der Waals surface area contributed by atoms with E-state index < -0.39 is 0 Å². The second-order valence-electron chi connectivity index (χ2n) is 5.08. The summed E-state index contributed by atoms with van der Waals surface area (Å²) >= 11 is 7.33. The smallest absolute Gasteiger partial charge is 0.289 e. The van der Waals surface area contributed by atoms with E-state index >= 15 is 0 Å². The molecule has 25 heavy (non-hydrogen) atoms. The average molecular weight is 377 g/mol. The molecule has 7 nitrogen and oxygen atoms in total. The molecule has 0 saturated heterocycles. The summed E-state index contributed by atoms with van der Waals surface area (Å²) in [6.45, 7) is -0.138. The number of benzene rings is 1. The number of nitrogens with zero attached hydrogens (tertiary/aromatic N) is 3. The molecular formula is C16H13ClN4O3S. The van der Waals surface area contributed by atoms with Gasteiger partial charge in [-0.1, -0.05) is 41.1 Å². The molecule has 2 aromatic heterocycles. The molecule has 0 unspecified atom stereocenters. The van der Waals surface area contributed by atoms with Crippen LogP contribution in [0, 0.1) is 0 Å². The largest absolute Gasteiger partial charge is 0.459 e. The molecule has 3 rings (SSSR count). The molecule has 0 saturated carbocycles. The Hall–Kier alpha value is -2.71. The first-order valence-corrected chi connectivity index (χ1v) is 8.41. The Balaban J connectivity index is 1.62. The first-order valence-electron chi connectivity index (χ1n) is 7.22. The van der Waals surface area contributed by atoms with Crippen LogP contribution < -0.4 is 5.32 Å². The molecule has 0 aliphatic rings. The Labute approximate surface area is 152 Å². The van der Waals surface area contributed by atoms with Crippen LogP contribution in [0.15, 0.2) is 47.1 Å². The highest BCUT2D eigenvalue weighted by atomic mass is 35.5. The van der Waals surface area contributed by atoms with Crippen LogP contribution in [0.25, 0.3) is 10.6 Å². The maximum atomic E-state index is 12.1. The van der Waals surface area contributed by atoms with Crippen molar-refractivity contribution >= 4 is 39.9 Å². The Bertz CT molecular complexity index is 894. The summed E-state index contributed by atoms with van der Waals surface area (Å²) in [7, 11) is 1.51. The fourth-order valence-electron chi connectivity index (χ4n) is 2.05. The Morgan fingerprint density at radius 1 is 1.24 bits per heavy atom. The summed E-state index contributed by atoms with van der Waals surface area (Å²) in [4.78, 5) is 25.4. The maximum absolute atomic E-state index is 12.1. The minimum atomic E-state index is -0.385. The molecule has 0 fully saturated rings. The zero-order valence-electron chi connectivity index (χ0n) is 13.1. The van der Waals surface area contributed by atoms with E-state index in [2.05, 4.69) is 15.5 Å². The van der Waals surface area contributed by atoms with Crippen molar-refractivity contribution in [3.63, 3.8) is 0 Å². The van der Waals surface area contributed by atoms with Gasteiger partial charge < -0.3 is 9.32 Å². The van der Waals surface area contributed by atoms with E-state index in [1.54, 1.807) is 12.1 Å². The van der Waals surface area contributed by atoms with Crippen LogP contribution in [0.1, 0.15) is 10.6 Å². The normalized spacial score (nSPS) is 10.5. The van der Waals surface area contributed by atoms with Gasteiger partial charge >= 0.3 is 0 Å². The highest BCUT2D eigenvalue weighted by molar-refractivity contribution is 7.18. The van der Waals surface area contributed by atoms with Crippen molar-refractivity contribution in [1.82, 2.24) is 15.1 Å². The zero-order chi connectivity index (χ0) is 17.8. The third kappa shape index (κ3) is 4.04. The number of furan rings is 1. The molecule has 3 aromatic rings. The third-order valence-corrected chi connectivity index (χ3v) is 4.44. The van der Waals surface area contributed by atoms with Crippen LogP contribution in [0.5, 0.6) is 0 Å². The number of amides is 2. The summed E-state index contributed by atoms with van der Waals surface area (Å²) in [6, 6.07) is 10.4. The van der Waals surface area contributed by atoms with E-state index in [0.717, 1.165) is 5.56 Å². The van der Waals surface area contributed by atoms with Crippen molar-refractivity contribution in [2.45, 2.75) is 0 Å². The molecule has 0 spiro atoms. The molecule has 0 aliphatic heterocycles. The second-order valence-corrected chi connectivity index (χ2v) is 6.46. The van der Waals surface area contributed by atoms with Crippen molar-refractivity contribution in [2.75, 3.05) is 18.9 Å². The van der Waals surface area contributed by atoms with E-state index in [9.17, 15) is 9.59 Å². The van der Waals surface area contributed by atoms with E-state index in [-0.39, 0.29) is 24.1 Å². The van der Waals surface area contributed by atoms with Crippen molar-refractivity contribution in [2.24, 2.45) is 0 Å². The minimum absolute atomic E-state index is 0.138. The molecule has 2 heterocycles. The van der Waals surface area contributed by atoms with Gasteiger partial charge in [-0.25, -0.2) is 0 Å².